The summed E-state index contributed by atoms with van der Waals surface area (Å²) in [5.74, 6) is -1.12. The fraction of sp³-hybridized carbons (Fsp3) is 0.308. The van der Waals surface area contributed by atoms with Crippen LogP contribution in [0.15, 0.2) is 10.7 Å². The lowest BCUT2D eigenvalue weighted by molar-refractivity contribution is 0.0690. The molecule has 0 unspecified atom stereocenters. The summed E-state index contributed by atoms with van der Waals surface area (Å²) in [5, 5.41) is 18.5. The molecule has 2 N–H and O–H groups in total. The molecule has 0 amide bonds. The van der Waals surface area contributed by atoms with Crippen molar-refractivity contribution < 1.29 is 19.8 Å². The van der Waals surface area contributed by atoms with E-state index in [1.165, 1.54) is 6.07 Å². The van der Waals surface area contributed by atoms with Crippen molar-refractivity contribution in [2.24, 2.45) is 0 Å². The number of carboxylic acid groups (broad SMARTS) is 2. The Kier molecular flexibility index (Phi) is 3.56. The summed E-state index contributed by atoms with van der Waals surface area (Å²) in [4.78, 5) is 26.7. The van der Waals surface area contributed by atoms with Gasteiger partial charge in [0.15, 0.2) is 5.69 Å². The van der Waals surface area contributed by atoms with Crippen molar-refractivity contribution in [2.45, 2.75) is 26.7 Å². The van der Waals surface area contributed by atoms with Crippen LogP contribution in [0.3, 0.4) is 0 Å². The second-order valence-electron chi connectivity index (χ2n) is 4.80. The van der Waals surface area contributed by atoms with Gasteiger partial charge in [0.25, 0.3) is 0 Å². The van der Waals surface area contributed by atoms with E-state index < -0.39 is 12.1 Å². The smallest absolute Gasteiger partial charge is 0.416 e. The van der Waals surface area contributed by atoms with Crippen molar-refractivity contribution in [3.05, 3.63) is 27.5 Å². The van der Waals surface area contributed by atoms with Crippen molar-refractivity contribution in [3.63, 3.8) is 0 Å². The number of hydrogen-bond donors (Lipinski definition) is 2. The van der Waals surface area contributed by atoms with E-state index >= 15 is 0 Å². The third kappa shape index (κ3) is 2.07. The number of aryl methyl sites for hydroxylation is 1. The van der Waals surface area contributed by atoms with Gasteiger partial charge in [0.05, 0.1) is 11.0 Å². The van der Waals surface area contributed by atoms with Crippen LogP contribution in [0.2, 0.25) is 0 Å². The highest BCUT2D eigenvalue weighted by Gasteiger charge is 2.24. The van der Waals surface area contributed by atoms with Crippen molar-refractivity contribution >= 4 is 39.0 Å². The Labute approximate surface area is 123 Å². The molecule has 0 aliphatic heterocycles. The number of pyridine rings is 1. The van der Waals surface area contributed by atoms with E-state index in [0.29, 0.717) is 26.8 Å². The van der Waals surface area contributed by atoms with Gasteiger partial charge in [-0.25, -0.2) is 19.1 Å². The van der Waals surface area contributed by atoms with Crippen LogP contribution in [-0.2, 0) is 0 Å². The zero-order valence-corrected chi connectivity index (χ0v) is 12.7. The lowest BCUT2D eigenvalue weighted by Crippen LogP contribution is -2.09. The molecule has 0 saturated heterocycles. The van der Waals surface area contributed by atoms with Gasteiger partial charge in [-0.1, -0.05) is 13.8 Å². The van der Waals surface area contributed by atoms with E-state index in [9.17, 15) is 14.7 Å². The van der Waals surface area contributed by atoms with Gasteiger partial charge in [-0.05, 0) is 40.4 Å². The maximum atomic E-state index is 11.4. The van der Waals surface area contributed by atoms with Gasteiger partial charge in [-0.2, -0.15) is 0 Å². The Bertz CT molecular complexity index is 734. The number of aromatic carboxylic acids is 1. The van der Waals surface area contributed by atoms with E-state index in [4.69, 9.17) is 5.11 Å². The molecule has 2 heterocycles. The molecule has 2 aromatic heterocycles. The largest absolute Gasteiger partial charge is 0.477 e. The van der Waals surface area contributed by atoms with Crippen molar-refractivity contribution in [3.8, 4) is 0 Å². The molecule has 0 aliphatic rings. The van der Waals surface area contributed by atoms with Crippen LogP contribution in [0.5, 0.6) is 0 Å². The Hall–Kier alpha value is -1.89. The van der Waals surface area contributed by atoms with Crippen LogP contribution < -0.4 is 0 Å². The lowest BCUT2D eigenvalue weighted by Gasteiger charge is -2.04. The highest BCUT2D eigenvalue weighted by atomic mass is 79.9. The molecule has 7 heteroatoms. The Morgan fingerprint density at radius 3 is 2.40 bits per heavy atom. The van der Waals surface area contributed by atoms with Gasteiger partial charge in [-0.3, -0.25) is 0 Å². The quantitative estimate of drug-likeness (QED) is 0.873. The van der Waals surface area contributed by atoms with Crippen molar-refractivity contribution in [1.29, 1.82) is 0 Å². The van der Waals surface area contributed by atoms with Gasteiger partial charge >= 0.3 is 12.1 Å². The summed E-state index contributed by atoms with van der Waals surface area (Å²) < 4.78 is 1.47. The number of fused-ring (bicyclic) bond motifs is 1. The molecule has 2 rings (SSSR count). The number of carboxylic acids is 1. The van der Waals surface area contributed by atoms with Gasteiger partial charge in [0.1, 0.15) is 4.60 Å². The van der Waals surface area contributed by atoms with Crippen LogP contribution in [0.25, 0.3) is 11.0 Å². The maximum absolute atomic E-state index is 11.4. The average molecular weight is 341 g/mol. The van der Waals surface area contributed by atoms with Crippen LogP contribution in [-0.4, -0.2) is 31.8 Å². The highest BCUT2D eigenvalue weighted by molar-refractivity contribution is 9.10. The van der Waals surface area contributed by atoms with E-state index in [0.717, 1.165) is 4.57 Å². The lowest BCUT2D eigenvalue weighted by atomic mass is 10.1. The standard InChI is InChI=1S/C13H13BrN2O4/c1-5(2)8-10-7(16(11(8)14)13(19)20)4-6(3)9(15-10)12(17)18/h4-5H,1-3H3,(H,17,18)(H,19,20). The topological polar surface area (TPSA) is 92.4 Å². The average Bonchev–Trinajstić information content (AvgIpc) is 2.58. The molecule has 0 saturated carbocycles. The minimum absolute atomic E-state index is 0.00401. The first-order valence-electron chi connectivity index (χ1n) is 5.93. The molecule has 2 aromatic rings. The third-order valence-electron chi connectivity index (χ3n) is 3.08. The Balaban J connectivity index is 2.97. The molecular weight excluding hydrogens is 328 g/mol. The van der Waals surface area contributed by atoms with Crippen molar-refractivity contribution in [1.82, 2.24) is 9.55 Å². The fourth-order valence-electron chi connectivity index (χ4n) is 2.21. The summed E-state index contributed by atoms with van der Waals surface area (Å²) >= 11 is 3.28. The molecule has 106 valence electrons. The SMILES string of the molecule is Cc1cc2c(nc1C(=O)O)c(C(C)C)c(Br)n2C(=O)O. The van der Waals surface area contributed by atoms with E-state index in [2.05, 4.69) is 20.9 Å². The second-order valence-corrected chi connectivity index (χ2v) is 5.56. The second kappa shape index (κ2) is 4.90. The van der Waals surface area contributed by atoms with Crippen molar-refractivity contribution in [2.75, 3.05) is 0 Å². The predicted octanol–water partition coefficient (Wildman–Crippen LogP) is 3.45. The molecule has 20 heavy (non-hydrogen) atoms. The number of nitrogens with zero attached hydrogens (tertiary/aromatic N) is 2. The number of aromatic nitrogens is 2. The molecular formula is C13H13BrN2O4. The maximum Gasteiger partial charge on any atom is 0.416 e. The van der Waals surface area contributed by atoms with Gasteiger partial charge < -0.3 is 10.2 Å². The van der Waals surface area contributed by atoms with Gasteiger partial charge in [0.2, 0.25) is 0 Å². The van der Waals surface area contributed by atoms with E-state index in [-0.39, 0.29) is 11.6 Å². The summed E-state index contributed by atoms with van der Waals surface area (Å²) in [6.45, 7) is 5.39. The van der Waals surface area contributed by atoms with Crippen LogP contribution in [0.4, 0.5) is 4.79 Å². The fourth-order valence-corrected chi connectivity index (χ4v) is 3.20. The predicted molar refractivity (Wildman–Crippen MR) is 76.6 cm³/mol. The molecule has 0 atom stereocenters. The van der Waals surface area contributed by atoms with Crippen LogP contribution in [0, 0.1) is 6.92 Å². The number of rotatable bonds is 2. The molecule has 0 spiro atoms. The first kappa shape index (κ1) is 14.5. The first-order valence-corrected chi connectivity index (χ1v) is 6.73. The summed E-state index contributed by atoms with van der Waals surface area (Å²) in [6, 6.07) is 1.54. The third-order valence-corrected chi connectivity index (χ3v) is 3.86. The Morgan fingerprint density at radius 2 is 1.95 bits per heavy atom. The minimum Gasteiger partial charge on any atom is -0.477 e. The van der Waals surface area contributed by atoms with Crippen LogP contribution in [0.1, 0.15) is 41.4 Å². The van der Waals surface area contributed by atoms with E-state index in [1.54, 1.807) is 6.92 Å². The summed E-state index contributed by atoms with van der Waals surface area (Å²) in [7, 11) is 0. The zero-order valence-electron chi connectivity index (χ0n) is 11.1. The van der Waals surface area contributed by atoms with Gasteiger partial charge in [-0.15, -0.1) is 0 Å². The molecule has 0 aliphatic carbocycles. The molecule has 6 nitrogen and oxygen atoms in total. The number of hydrogen-bond acceptors (Lipinski definition) is 3. The molecule has 0 aromatic carbocycles. The summed E-state index contributed by atoms with van der Waals surface area (Å²) in [5.41, 5.74) is 1.83. The molecule has 0 bridgehead atoms. The minimum atomic E-state index is -1.14. The number of halogens is 1. The van der Waals surface area contributed by atoms with Crippen LogP contribution >= 0.6 is 15.9 Å². The normalized spacial score (nSPS) is 11.2. The summed E-state index contributed by atoms with van der Waals surface area (Å²) in [6.07, 6.45) is -1.14. The number of carbonyl (C=O) groups is 2. The highest BCUT2D eigenvalue weighted by Crippen LogP contribution is 2.35. The molecule has 0 radical (unpaired) electrons. The van der Waals surface area contributed by atoms with E-state index in [1.807, 2.05) is 13.8 Å². The first-order chi connectivity index (χ1) is 9.25. The zero-order chi connectivity index (χ0) is 15.2. The Morgan fingerprint density at radius 1 is 1.35 bits per heavy atom. The molecule has 0 fully saturated rings. The monoisotopic (exact) mass is 340 g/mol. The van der Waals surface area contributed by atoms with Gasteiger partial charge in [0, 0.05) is 5.56 Å².